The molecule has 1 aliphatic heterocycles. The maximum Gasteiger partial charge on any atom is 0.238 e. The largest absolute Gasteiger partial charge is 0.352 e. The summed E-state index contributed by atoms with van der Waals surface area (Å²) >= 11 is 0. The summed E-state index contributed by atoms with van der Waals surface area (Å²) in [4.78, 5) is 27.1. The van der Waals surface area contributed by atoms with Gasteiger partial charge in [0.05, 0.1) is 0 Å². The fraction of sp³-hybridized carbons (Fsp3) is 0.875. The molecule has 4 heteroatoms. The molecule has 0 aromatic heterocycles. The summed E-state index contributed by atoms with van der Waals surface area (Å²) in [7, 11) is 0. The van der Waals surface area contributed by atoms with E-state index in [1.165, 1.54) is 25.7 Å². The van der Waals surface area contributed by atoms with Crippen LogP contribution in [0.2, 0.25) is 0 Å². The highest BCUT2D eigenvalue weighted by molar-refractivity contribution is 6.08. The SMILES string of the molecule is O=C(NC1CCCCC1)C1(C(=O)N2CCCCC2)CC1. The van der Waals surface area contributed by atoms with Crippen LogP contribution in [0.1, 0.15) is 64.2 Å². The summed E-state index contributed by atoms with van der Waals surface area (Å²) in [6.45, 7) is 1.69. The van der Waals surface area contributed by atoms with E-state index in [1.54, 1.807) is 0 Å². The van der Waals surface area contributed by atoms with Crippen LogP contribution in [0.5, 0.6) is 0 Å². The summed E-state index contributed by atoms with van der Waals surface area (Å²) in [5.41, 5.74) is -0.686. The number of carbonyl (C=O) groups excluding carboxylic acids is 2. The van der Waals surface area contributed by atoms with Gasteiger partial charge in [0.15, 0.2) is 0 Å². The van der Waals surface area contributed by atoms with Gasteiger partial charge in [-0.15, -0.1) is 0 Å². The van der Waals surface area contributed by atoms with Crippen molar-refractivity contribution in [2.24, 2.45) is 5.41 Å². The highest BCUT2D eigenvalue weighted by Crippen LogP contribution is 2.48. The summed E-state index contributed by atoms with van der Waals surface area (Å²) in [6.07, 6.45) is 10.8. The Hall–Kier alpha value is -1.06. The highest BCUT2D eigenvalue weighted by atomic mass is 16.2. The van der Waals surface area contributed by atoms with Crippen molar-refractivity contribution in [3.05, 3.63) is 0 Å². The summed E-state index contributed by atoms with van der Waals surface area (Å²) in [6, 6.07) is 0.308. The number of carbonyl (C=O) groups is 2. The molecule has 3 fully saturated rings. The lowest BCUT2D eigenvalue weighted by molar-refractivity contribution is -0.145. The first-order valence-corrected chi connectivity index (χ1v) is 8.33. The second kappa shape index (κ2) is 5.74. The fourth-order valence-electron chi connectivity index (χ4n) is 3.63. The van der Waals surface area contributed by atoms with Gasteiger partial charge in [-0.1, -0.05) is 19.3 Å². The molecule has 3 aliphatic rings. The first kappa shape index (κ1) is 13.9. The molecular weight excluding hydrogens is 252 g/mol. The van der Waals surface area contributed by atoms with Crippen molar-refractivity contribution in [2.45, 2.75) is 70.3 Å². The normalized spacial score (nSPS) is 26.1. The predicted molar refractivity (Wildman–Crippen MR) is 77.1 cm³/mol. The van der Waals surface area contributed by atoms with E-state index >= 15 is 0 Å². The number of amides is 2. The van der Waals surface area contributed by atoms with Crippen LogP contribution >= 0.6 is 0 Å². The van der Waals surface area contributed by atoms with Crippen LogP contribution in [-0.2, 0) is 9.59 Å². The molecule has 1 N–H and O–H groups in total. The highest BCUT2D eigenvalue weighted by Gasteiger charge is 2.58. The zero-order valence-electron chi connectivity index (χ0n) is 12.3. The molecule has 3 rings (SSSR count). The Morgan fingerprint density at radius 3 is 2.10 bits per heavy atom. The lowest BCUT2D eigenvalue weighted by Crippen LogP contribution is -2.49. The molecule has 0 aromatic rings. The number of hydrogen-bond acceptors (Lipinski definition) is 2. The summed E-state index contributed by atoms with van der Waals surface area (Å²) < 4.78 is 0. The Balaban J connectivity index is 1.59. The minimum atomic E-state index is -0.686. The minimum absolute atomic E-state index is 0.0139. The number of hydrogen-bond donors (Lipinski definition) is 1. The quantitative estimate of drug-likeness (QED) is 0.805. The zero-order valence-corrected chi connectivity index (χ0v) is 12.3. The van der Waals surface area contributed by atoms with Gasteiger partial charge in [0.2, 0.25) is 11.8 Å². The monoisotopic (exact) mass is 278 g/mol. The maximum atomic E-state index is 12.6. The van der Waals surface area contributed by atoms with Crippen molar-refractivity contribution in [2.75, 3.05) is 13.1 Å². The third-order valence-corrected chi connectivity index (χ3v) is 5.18. The maximum absolute atomic E-state index is 12.6. The number of piperidine rings is 1. The van der Waals surface area contributed by atoms with Gasteiger partial charge >= 0.3 is 0 Å². The van der Waals surface area contributed by atoms with Crippen molar-refractivity contribution >= 4 is 11.8 Å². The van der Waals surface area contributed by atoms with Crippen LogP contribution in [0.15, 0.2) is 0 Å². The third-order valence-electron chi connectivity index (χ3n) is 5.18. The average molecular weight is 278 g/mol. The van der Waals surface area contributed by atoms with Crippen LogP contribution in [0.3, 0.4) is 0 Å². The Morgan fingerprint density at radius 1 is 0.900 bits per heavy atom. The van der Waals surface area contributed by atoms with Crippen molar-refractivity contribution < 1.29 is 9.59 Å². The Labute approximate surface area is 121 Å². The number of rotatable bonds is 3. The van der Waals surface area contributed by atoms with Crippen molar-refractivity contribution in [1.29, 1.82) is 0 Å². The lowest BCUT2D eigenvalue weighted by Gasteiger charge is -2.31. The van der Waals surface area contributed by atoms with Gasteiger partial charge in [0.1, 0.15) is 5.41 Å². The summed E-state index contributed by atoms with van der Waals surface area (Å²) in [5, 5.41) is 3.16. The smallest absolute Gasteiger partial charge is 0.238 e. The number of nitrogens with zero attached hydrogens (tertiary/aromatic N) is 1. The van der Waals surface area contributed by atoms with Crippen LogP contribution < -0.4 is 5.32 Å². The molecular formula is C16H26N2O2. The van der Waals surface area contributed by atoms with Gasteiger partial charge in [-0.3, -0.25) is 9.59 Å². The molecule has 0 unspecified atom stereocenters. The molecule has 2 aliphatic carbocycles. The molecule has 0 bridgehead atoms. The van der Waals surface area contributed by atoms with E-state index in [0.29, 0.717) is 6.04 Å². The fourth-order valence-corrected chi connectivity index (χ4v) is 3.63. The molecule has 20 heavy (non-hydrogen) atoms. The Bertz CT molecular complexity index is 378. The molecule has 0 atom stereocenters. The molecule has 1 saturated heterocycles. The van der Waals surface area contributed by atoms with Gasteiger partial charge < -0.3 is 10.2 Å². The lowest BCUT2D eigenvalue weighted by atomic mass is 9.94. The van der Waals surface area contributed by atoms with Crippen molar-refractivity contribution in [1.82, 2.24) is 10.2 Å². The molecule has 1 heterocycles. The van der Waals surface area contributed by atoms with Gasteiger partial charge in [0, 0.05) is 19.1 Å². The summed E-state index contributed by atoms with van der Waals surface area (Å²) in [5.74, 6) is 0.116. The third kappa shape index (κ3) is 2.70. The Kier molecular flexibility index (Phi) is 3.99. The van der Waals surface area contributed by atoms with Gasteiger partial charge in [0.25, 0.3) is 0 Å². The molecule has 2 amide bonds. The standard InChI is InChI=1S/C16H26N2O2/c19-14(17-13-7-3-1-4-8-13)16(9-10-16)15(20)18-11-5-2-6-12-18/h13H,1-12H2,(H,17,19). The predicted octanol–water partition coefficient (Wildman–Crippen LogP) is 2.23. The van der Waals surface area contributed by atoms with Gasteiger partial charge in [-0.2, -0.15) is 0 Å². The molecule has 4 nitrogen and oxygen atoms in total. The first-order chi connectivity index (χ1) is 9.72. The van der Waals surface area contributed by atoms with Crippen LogP contribution in [-0.4, -0.2) is 35.8 Å². The van der Waals surface area contributed by atoms with Crippen LogP contribution in [0, 0.1) is 5.41 Å². The first-order valence-electron chi connectivity index (χ1n) is 8.33. The van der Waals surface area contributed by atoms with Crippen molar-refractivity contribution in [3.8, 4) is 0 Å². The van der Waals surface area contributed by atoms with Gasteiger partial charge in [-0.25, -0.2) is 0 Å². The van der Waals surface area contributed by atoms with E-state index in [1.807, 2.05) is 4.90 Å². The molecule has 0 spiro atoms. The number of nitrogens with one attached hydrogen (secondary N) is 1. The zero-order chi connectivity index (χ0) is 14.0. The molecule has 2 saturated carbocycles. The molecule has 112 valence electrons. The van der Waals surface area contributed by atoms with E-state index in [9.17, 15) is 9.59 Å². The van der Waals surface area contributed by atoms with Crippen LogP contribution in [0.25, 0.3) is 0 Å². The van der Waals surface area contributed by atoms with Gasteiger partial charge in [-0.05, 0) is 44.9 Å². The second-order valence-corrected chi connectivity index (χ2v) is 6.74. The second-order valence-electron chi connectivity index (χ2n) is 6.74. The van der Waals surface area contributed by atoms with E-state index < -0.39 is 5.41 Å². The van der Waals surface area contributed by atoms with E-state index in [4.69, 9.17) is 0 Å². The van der Waals surface area contributed by atoms with Crippen LogP contribution in [0.4, 0.5) is 0 Å². The molecule has 0 aromatic carbocycles. The van der Waals surface area contributed by atoms with E-state index in [2.05, 4.69) is 5.32 Å². The minimum Gasteiger partial charge on any atom is -0.352 e. The topological polar surface area (TPSA) is 49.4 Å². The van der Waals surface area contributed by atoms with Crippen molar-refractivity contribution in [3.63, 3.8) is 0 Å². The molecule has 0 radical (unpaired) electrons. The average Bonchev–Trinajstić information content (AvgIpc) is 3.30. The Morgan fingerprint density at radius 2 is 1.50 bits per heavy atom. The van der Waals surface area contributed by atoms with E-state index in [-0.39, 0.29) is 11.8 Å². The van der Waals surface area contributed by atoms with E-state index in [0.717, 1.165) is 51.6 Å². The number of likely N-dealkylation sites (tertiary alicyclic amines) is 1.